The molecule has 1 atom stereocenters. The molecule has 20 heavy (non-hydrogen) atoms. The van der Waals surface area contributed by atoms with Gasteiger partial charge in [0.1, 0.15) is 0 Å². The molecule has 2 rings (SSSR count). The van der Waals surface area contributed by atoms with Crippen LogP contribution in [0.25, 0.3) is 0 Å². The number of benzene rings is 1. The van der Waals surface area contributed by atoms with Gasteiger partial charge in [-0.1, -0.05) is 12.1 Å². The number of hydrogen-bond acceptors (Lipinski definition) is 3. The van der Waals surface area contributed by atoms with Crippen molar-refractivity contribution in [1.29, 1.82) is 0 Å². The summed E-state index contributed by atoms with van der Waals surface area (Å²) in [5.41, 5.74) is 4.83. The van der Waals surface area contributed by atoms with Crippen molar-refractivity contribution in [1.82, 2.24) is 0 Å². The number of rotatable bonds is 2. The van der Waals surface area contributed by atoms with Gasteiger partial charge in [0.05, 0.1) is 5.56 Å². The Morgan fingerprint density at radius 2 is 2.15 bits per heavy atom. The maximum Gasteiger partial charge on any atom is 0.417 e. The van der Waals surface area contributed by atoms with Crippen LogP contribution in [0.15, 0.2) is 23.4 Å². The van der Waals surface area contributed by atoms with E-state index >= 15 is 0 Å². The fourth-order valence-electron chi connectivity index (χ4n) is 2.41. The lowest BCUT2D eigenvalue weighted by Crippen LogP contribution is -2.23. The molecule has 1 saturated heterocycles. The minimum Gasteiger partial charge on any atom is -0.409 e. The number of nitrogens with two attached hydrogens (primary N) is 1. The molecule has 1 aromatic carbocycles. The van der Waals surface area contributed by atoms with Crippen LogP contribution in [0.4, 0.5) is 18.9 Å². The van der Waals surface area contributed by atoms with E-state index in [-0.39, 0.29) is 5.56 Å². The highest BCUT2D eigenvalue weighted by Gasteiger charge is 2.35. The van der Waals surface area contributed by atoms with Crippen molar-refractivity contribution in [3.8, 4) is 0 Å². The number of hydrogen-bond donors (Lipinski definition) is 2. The molecule has 110 valence electrons. The SMILES string of the molecule is CC1CCN(c2ccc(C(F)(F)F)c(/C(N)=N/O)c2)C1. The predicted molar refractivity (Wildman–Crippen MR) is 69.9 cm³/mol. The molecule has 0 radical (unpaired) electrons. The van der Waals surface area contributed by atoms with Gasteiger partial charge in [0.15, 0.2) is 5.84 Å². The smallest absolute Gasteiger partial charge is 0.409 e. The lowest BCUT2D eigenvalue weighted by Gasteiger charge is -2.21. The molecule has 7 heteroatoms. The summed E-state index contributed by atoms with van der Waals surface area (Å²) >= 11 is 0. The second kappa shape index (κ2) is 5.22. The lowest BCUT2D eigenvalue weighted by molar-refractivity contribution is -0.137. The normalized spacial score (nSPS) is 20.5. The minimum absolute atomic E-state index is 0.294. The van der Waals surface area contributed by atoms with E-state index < -0.39 is 17.6 Å². The summed E-state index contributed by atoms with van der Waals surface area (Å²) in [6.45, 7) is 3.68. The molecule has 4 nitrogen and oxygen atoms in total. The van der Waals surface area contributed by atoms with Crippen LogP contribution < -0.4 is 10.6 Å². The summed E-state index contributed by atoms with van der Waals surface area (Å²) in [6.07, 6.45) is -3.54. The zero-order valence-electron chi connectivity index (χ0n) is 11.0. The summed E-state index contributed by atoms with van der Waals surface area (Å²) in [6, 6.07) is 3.73. The Bertz CT molecular complexity index is 528. The van der Waals surface area contributed by atoms with Crippen molar-refractivity contribution in [2.45, 2.75) is 19.5 Å². The molecule has 0 amide bonds. The van der Waals surface area contributed by atoms with E-state index in [0.717, 1.165) is 25.6 Å². The van der Waals surface area contributed by atoms with Crippen molar-refractivity contribution in [2.75, 3.05) is 18.0 Å². The van der Waals surface area contributed by atoms with Crippen molar-refractivity contribution in [3.63, 3.8) is 0 Å². The van der Waals surface area contributed by atoms with Crippen LogP contribution in [0.2, 0.25) is 0 Å². The van der Waals surface area contributed by atoms with E-state index in [1.165, 1.54) is 12.1 Å². The van der Waals surface area contributed by atoms with Gasteiger partial charge in [-0.25, -0.2) is 0 Å². The molecule has 1 aliphatic rings. The number of nitrogens with zero attached hydrogens (tertiary/aromatic N) is 2. The first-order chi connectivity index (χ1) is 9.32. The van der Waals surface area contributed by atoms with Crippen LogP contribution in [0.5, 0.6) is 0 Å². The molecular weight excluding hydrogens is 271 g/mol. The van der Waals surface area contributed by atoms with Gasteiger partial charge in [-0.15, -0.1) is 0 Å². The van der Waals surface area contributed by atoms with Gasteiger partial charge in [-0.05, 0) is 30.5 Å². The fourth-order valence-corrected chi connectivity index (χ4v) is 2.41. The highest BCUT2D eigenvalue weighted by molar-refractivity contribution is 5.99. The van der Waals surface area contributed by atoms with Gasteiger partial charge in [-0.3, -0.25) is 0 Å². The molecule has 0 bridgehead atoms. The monoisotopic (exact) mass is 287 g/mol. The van der Waals surface area contributed by atoms with Crippen LogP contribution in [-0.2, 0) is 6.18 Å². The van der Waals surface area contributed by atoms with Gasteiger partial charge >= 0.3 is 6.18 Å². The fraction of sp³-hybridized carbons (Fsp3) is 0.462. The van der Waals surface area contributed by atoms with E-state index in [1.807, 2.05) is 4.90 Å². The van der Waals surface area contributed by atoms with Gasteiger partial charge < -0.3 is 15.8 Å². The maximum atomic E-state index is 12.9. The van der Waals surface area contributed by atoms with Crippen LogP contribution in [-0.4, -0.2) is 24.1 Å². The summed E-state index contributed by atoms with van der Waals surface area (Å²) in [5, 5.41) is 11.4. The molecule has 1 aliphatic heterocycles. The van der Waals surface area contributed by atoms with Gasteiger partial charge in [0, 0.05) is 24.3 Å². The van der Waals surface area contributed by atoms with Crippen molar-refractivity contribution < 1.29 is 18.4 Å². The minimum atomic E-state index is -4.54. The Hall–Kier alpha value is -1.92. The first kappa shape index (κ1) is 14.5. The summed E-state index contributed by atoms with van der Waals surface area (Å²) in [5.74, 6) is -0.0315. The van der Waals surface area contributed by atoms with Gasteiger partial charge in [0.25, 0.3) is 0 Å². The molecule has 1 fully saturated rings. The van der Waals surface area contributed by atoms with Gasteiger partial charge in [0.2, 0.25) is 0 Å². The van der Waals surface area contributed by atoms with Crippen LogP contribution in [0.1, 0.15) is 24.5 Å². The first-order valence-corrected chi connectivity index (χ1v) is 6.27. The number of oxime groups is 1. The molecule has 0 saturated carbocycles. The maximum absolute atomic E-state index is 12.9. The Balaban J connectivity index is 2.44. The van der Waals surface area contributed by atoms with E-state index in [1.54, 1.807) is 0 Å². The summed E-state index contributed by atoms with van der Waals surface area (Å²) in [7, 11) is 0. The van der Waals surface area contributed by atoms with Gasteiger partial charge in [-0.2, -0.15) is 13.2 Å². The van der Waals surface area contributed by atoms with E-state index in [2.05, 4.69) is 12.1 Å². The Labute approximate surface area is 114 Å². The molecule has 0 aromatic heterocycles. The zero-order chi connectivity index (χ0) is 14.9. The third-order valence-corrected chi connectivity index (χ3v) is 3.48. The van der Waals surface area contributed by atoms with Crippen molar-refractivity contribution >= 4 is 11.5 Å². The first-order valence-electron chi connectivity index (χ1n) is 6.27. The Morgan fingerprint density at radius 1 is 1.45 bits per heavy atom. The summed E-state index contributed by atoms with van der Waals surface area (Å²) < 4.78 is 38.7. The number of anilines is 1. The predicted octanol–water partition coefficient (Wildman–Crippen LogP) is 2.65. The molecular formula is C13H16F3N3O. The second-order valence-electron chi connectivity index (χ2n) is 5.05. The average molecular weight is 287 g/mol. The third kappa shape index (κ3) is 2.81. The summed E-state index contributed by atoms with van der Waals surface area (Å²) in [4.78, 5) is 2.00. The zero-order valence-corrected chi connectivity index (χ0v) is 11.0. The van der Waals surface area contributed by atoms with Crippen LogP contribution >= 0.6 is 0 Å². The Morgan fingerprint density at radius 3 is 2.65 bits per heavy atom. The van der Waals surface area contributed by atoms with Crippen LogP contribution in [0, 0.1) is 5.92 Å². The standard InChI is InChI=1S/C13H16F3N3O/c1-8-4-5-19(7-8)9-2-3-11(13(14,15)16)10(6-9)12(17)18-20/h2-3,6,8,20H,4-5,7H2,1H3,(H2,17,18). The molecule has 1 heterocycles. The number of alkyl halides is 3. The molecule has 0 spiro atoms. The lowest BCUT2D eigenvalue weighted by atomic mass is 10.0. The van der Waals surface area contributed by atoms with Crippen molar-refractivity contribution in [2.24, 2.45) is 16.8 Å². The van der Waals surface area contributed by atoms with E-state index in [9.17, 15) is 13.2 Å². The van der Waals surface area contributed by atoms with E-state index in [4.69, 9.17) is 10.9 Å². The Kier molecular flexibility index (Phi) is 3.78. The third-order valence-electron chi connectivity index (χ3n) is 3.48. The van der Waals surface area contributed by atoms with Crippen molar-refractivity contribution in [3.05, 3.63) is 29.3 Å². The topological polar surface area (TPSA) is 61.8 Å². The molecule has 1 unspecified atom stereocenters. The number of halogens is 3. The highest BCUT2D eigenvalue weighted by Crippen LogP contribution is 2.35. The average Bonchev–Trinajstić information content (AvgIpc) is 2.82. The molecule has 1 aromatic rings. The molecule has 0 aliphatic carbocycles. The second-order valence-corrected chi connectivity index (χ2v) is 5.05. The molecule has 3 N–H and O–H groups in total. The number of amidine groups is 1. The van der Waals surface area contributed by atoms with E-state index in [0.29, 0.717) is 11.6 Å². The quantitative estimate of drug-likeness (QED) is 0.380. The largest absolute Gasteiger partial charge is 0.417 e. The highest BCUT2D eigenvalue weighted by atomic mass is 19.4. The van der Waals surface area contributed by atoms with Crippen LogP contribution in [0.3, 0.4) is 0 Å².